The van der Waals surface area contributed by atoms with E-state index in [0.29, 0.717) is 19.3 Å². The number of rotatable bonds is 5. The van der Waals surface area contributed by atoms with Crippen molar-refractivity contribution in [1.29, 1.82) is 0 Å². The first-order valence-corrected chi connectivity index (χ1v) is 13.6. The van der Waals surface area contributed by atoms with Crippen molar-refractivity contribution in [2.45, 2.75) is 64.7 Å². The van der Waals surface area contributed by atoms with Crippen LogP contribution < -0.4 is 4.74 Å². The highest BCUT2D eigenvalue weighted by atomic mass is 16.5. The zero-order valence-corrected chi connectivity index (χ0v) is 22.5. The van der Waals surface area contributed by atoms with Crippen molar-refractivity contribution in [2.75, 3.05) is 20.3 Å². The molecular weight excluding hydrogens is 480 g/mol. The number of carbonyl (C=O) groups is 3. The number of aliphatic hydroxyl groups excluding tert-OH is 1. The first-order valence-electron chi connectivity index (χ1n) is 13.6. The molecule has 0 heterocycles. The van der Waals surface area contributed by atoms with Crippen molar-refractivity contribution in [3.63, 3.8) is 0 Å². The van der Waals surface area contributed by atoms with Gasteiger partial charge in [0.25, 0.3) is 0 Å². The lowest BCUT2D eigenvalue weighted by atomic mass is 9.48. The largest absolute Gasteiger partial charge is 0.497 e. The second-order valence-corrected chi connectivity index (χ2v) is 11.4. The summed E-state index contributed by atoms with van der Waals surface area (Å²) in [5.41, 5.74) is 3.64. The van der Waals surface area contributed by atoms with E-state index in [0.717, 1.165) is 31.4 Å². The van der Waals surface area contributed by atoms with Gasteiger partial charge in [-0.05, 0) is 90.7 Å². The van der Waals surface area contributed by atoms with Crippen molar-refractivity contribution in [1.82, 2.24) is 0 Å². The van der Waals surface area contributed by atoms with E-state index < -0.39 is 16.8 Å². The summed E-state index contributed by atoms with van der Waals surface area (Å²) >= 11 is 0. The number of methoxy groups -OCH3 is 1. The van der Waals surface area contributed by atoms with Gasteiger partial charge in [0, 0.05) is 19.3 Å². The molecule has 2 fully saturated rings. The van der Waals surface area contributed by atoms with Crippen LogP contribution in [0.1, 0.15) is 70.3 Å². The van der Waals surface area contributed by atoms with Crippen molar-refractivity contribution >= 4 is 17.5 Å². The summed E-state index contributed by atoms with van der Waals surface area (Å²) in [4.78, 5) is 37.7. The van der Waals surface area contributed by atoms with E-state index in [2.05, 4.69) is 30.9 Å². The molecule has 4 aliphatic rings. The number of hydrogen-bond acceptors (Lipinski definition) is 6. The molecule has 0 amide bonds. The fourth-order valence-electron chi connectivity index (χ4n) is 8.04. The van der Waals surface area contributed by atoms with Gasteiger partial charge in [-0.1, -0.05) is 36.5 Å². The van der Waals surface area contributed by atoms with Crippen LogP contribution in [0, 0.1) is 34.5 Å². The molecule has 200 valence electrons. The Kier molecular flexibility index (Phi) is 7.09. The van der Waals surface area contributed by atoms with Crippen LogP contribution in [0.4, 0.5) is 0 Å². The Morgan fingerprint density at radius 1 is 1.13 bits per heavy atom. The van der Waals surface area contributed by atoms with Crippen LogP contribution in [-0.4, -0.2) is 43.0 Å². The first kappa shape index (κ1) is 26.4. The van der Waals surface area contributed by atoms with Gasteiger partial charge in [0.2, 0.25) is 0 Å². The smallest absolute Gasteiger partial charge is 0.303 e. The van der Waals surface area contributed by atoms with Crippen molar-refractivity contribution in [3.05, 3.63) is 52.6 Å². The van der Waals surface area contributed by atoms with E-state index in [-0.39, 0.29) is 42.5 Å². The number of benzene rings is 1. The summed E-state index contributed by atoms with van der Waals surface area (Å²) in [5.74, 6) is 6.94. The van der Waals surface area contributed by atoms with E-state index in [1.165, 1.54) is 29.2 Å². The number of aliphatic hydroxyl groups is 1. The molecule has 0 aliphatic heterocycles. The summed E-state index contributed by atoms with van der Waals surface area (Å²) in [7, 11) is 1.65. The minimum atomic E-state index is -1.00. The summed E-state index contributed by atoms with van der Waals surface area (Å²) in [6.45, 7) is 2.86. The number of allylic oxidation sites excluding steroid dienone is 4. The third kappa shape index (κ3) is 4.22. The second kappa shape index (κ2) is 10.2. The van der Waals surface area contributed by atoms with Crippen LogP contribution in [-0.2, 0) is 19.1 Å². The lowest BCUT2D eigenvalue weighted by molar-refractivity contribution is -0.150. The van der Waals surface area contributed by atoms with Gasteiger partial charge in [0.1, 0.15) is 12.4 Å². The Morgan fingerprint density at radius 2 is 1.89 bits per heavy atom. The zero-order valence-electron chi connectivity index (χ0n) is 22.5. The highest BCUT2D eigenvalue weighted by Crippen LogP contribution is 2.69. The molecule has 1 aromatic rings. The Bertz CT molecular complexity index is 1280. The Balaban J connectivity index is 1.66. The standard InChI is InChI=1S/C32H36O6/c1-20(34)38-19-29(36)32(14-4-16-33)15-13-28-26-11-7-22-17-23(35)8-12-25(22)30(26)27(18-31(28,32)2)21-5-9-24(37-3)10-6-21/h5-6,9-10,17,26-28,33H,7-8,11-13,15-16,18-19H2,1-3H3/t26-,27+,28-,31-,32+/m0/s1. The molecule has 2 saturated carbocycles. The summed E-state index contributed by atoms with van der Waals surface area (Å²) < 4.78 is 10.6. The van der Waals surface area contributed by atoms with E-state index in [1.54, 1.807) is 7.11 Å². The molecule has 0 radical (unpaired) electrons. The summed E-state index contributed by atoms with van der Waals surface area (Å²) in [5, 5.41) is 9.62. The predicted octanol–water partition coefficient (Wildman–Crippen LogP) is 4.71. The molecule has 5 atom stereocenters. The number of esters is 1. The fraction of sp³-hybridized carbons (Fsp3) is 0.531. The number of ether oxygens (including phenoxy) is 2. The van der Waals surface area contributed by atoms with Crippen molar-refractivity contribution < 1.29 is 29.0 Å². The molecule has 0 bridgehead atoms. The zero-order chi connectivity index (χ0) is 27.1. The van der Waals surface area contributed by atoms with Crippen molar-refractivity contribution in [2.24, 2.45) is 22.7 Å². The van der Waals surface area contributed by atoms with Gasteiger partial charge in [-0.25, -0.2) is 0 Å². The average Bonchev–Trinajstić information content (AvgIpc) is 3.22. The van der Waals surface area contributed by atoms with Gasteiger partial charge in [0.15, 0.2) is 18.2 Å². The highest BCUT2D eigenvalue weighted by molar-refractivity contribution is 5.93. The molecule has 0 aromatic heterocycles. The molecule has 4 aliphatic carbocycles. The Labute approximate surface area is 224 Å². The molecule has 1 aromatic carbocycles. The second-order valence-electron chi connectivity index (χ2n) is 11.4. The Hall–Kier alpha value is -3.17. The van der Waals surface area contributed by atoms with Crippen LogP contribution in [0.15, 0.2) is 47.1 Å². The van der Waals surface area contributed by atoms with Gasteiger partial charge in [0.05, 0.1) is 12.5 Å². The molecule has 0 spiro atoms. The molecule has 5 rings (SSSR count). The third-order valence-corrected chi connectivity index (χ3v) is 9.71. The quantitative estimate of drug-likeness (QED) is 0.450. The number of carbonyl (C=O) groups excluding carboxylic acids is 3. The lowest BCUT2D eigenvalue weighted by Gasteiger charge is -2.54. The topological polar surface area (TPSA) is 89.9 Å². The van der Waals surface area contributed by atoms with E-state index >= 15 is 0 Å². The SMILES string of the molecule is COc1ccc([C@H]2C[C@@]3(C)[C@@H](CC[C@]3(C#CCO)C(=O)COC(C)=O)[C@@H]3CCC4=CC(=O)CCC4=C32)cc1. The highest BCUT2D eigenvalue weighted by Gasteiger charge is 2.65. The normalized spacial score (nSPS) is 31.7. The molecule has 0 saturated heterocycles. The van der Waals surface area contributed by atoms with Gasteiger partial charge in [-0.2, -0.15) is 0 Å². The van der Waals surface area contributed by atoms with Crippen LogP contribution in [0.3, 0.4) is 0 Å². The molecule has 38 heavy (non-hydrogen) atoms. The number of Topliss-reactive ketones (excluding diaryl/α,β-unsaturated/α-hetero) is 1. The first-order chi connectivity index (χ1) is 18.2. The molecule has 1 N–H and O–H groups in total. The number of ketones is 2. The molecule has 0 unspecified atom stereocenters. The van der Waals surface area contributed by atoms with Crippen LogP contribution in [0.25, 0.3) is 0 Å². The van der Waals surface area contributed by atoms with Crippen LogP contribution >= 0.6 is 0 Å². The monoisotopic (exact) mass is 516 g/mol. The fourth-order valence-corrected chi connectivity index (χ4v) is 8.04. The van der Waals surface area contributed by atoms with Gasteiger partial charge in [-0.15, -0.1) is 0 Å². The van der Waals surface area contributed by atoms with Gasteiger partial charge in [-0.3, -0.25) is 14.4 Å². The molecular formula is C32H36O6. The van der Waals surface area contributed by atoms with Gasteiger partial charge >= 0.3 is 5.97 Å². The van der Waals surface area contributed by atoms with Crippen LogP contribution in [0.2, 0.25) is 0 Å². The summed E-state index contributed by atoms with van der Waals surface area (Å²) in [6.07, 6.45) is 7.11. The molecule has 6 heteroatoms. The van der Waals surface area contributed by atoms with E-state index in [9.17, 15) is 19.5 Å². The maximum Gasteiger partial charge on any atom is 0.303 e. The minimum Gasteiger partial charge on any atom is -0.497 e. The lowest BCUT2D eigenvalue weighted by Crippen LogP contribution is -2.51. The van der Waals surface area contributed by atoms with Gasteiger partial charge < -0.3 is 14.6 Å². The maximum atomic E-state index is 13.9. The van der Waals surface area contributed by atoms with E-state index in [4.69, 9.17) is 9.47 Å². The average molecular weight is 517 g/mol. The Morgan fingerprint density at radius 3 is 2.58 bits per heavy atom. The minimum absolute atomic E-state index is 0.0639. The van der Waals surface area contributed by atoms with Crippen LogP contribution in [0.5, 0.6) is 5.75 Å². The third-order valence-electron chi connectivity index (χ3n) is 9.71. The molecule has 6 nitrogen and oxygen atoms in total. The van der Waals surface area contributed by atoms with Crippen molar-refractivity contribution in [3.8, 4) is 17.6 Å². The predicted molar refractivity (Wildman–Crippen MR) is 142 cm³/mol. The van der Waals surface area contributed by atoms with E-state index in [1.807, 2.05) is 18.2 Å². The number of hydrogen-bond donors (Lipinski definition) is 1. The number of fused-ring (bicyclic) bond motifs is 4. The summed E-state index contributed by atoms with van der Waals surface area (Å²) in [6, 6.07) is 8.18. The maximum absolute atomic E-state index is 13.9.